The van der Waals surface area contributed by atoms with Crippen molar-refractivity contribution in [3.05, 3.63) is 28.8 Å². The maximum absolute atomic E-state index is 12.2. The molecule has 0 aliphatic heterocycles. The Kier molecular flexibility index (Phi) is 5.48. The van der Waals surface area contributed by atoms with Gasteiger partial charge in [-0.15, -0.1) is 0 Å². The second kappa shape index (κ2) is 6.96. The van der Waals surface area contributed by atoms with Gasteiger partial charge in [0.1, 0.15) is 5.75 Å². The Bertz CT molecular complexity index is 588. The predicted octanol–water partition coefficient (Wildman–Crippen LogP) is 1.91. The number of methoxy groups -OCH3 is 1. The third kappa shape index (κ3) is 4.57. The van der Waals surface area contributed by atoms with Gasteiger partial charge in [0.25, 0.3) is 0 Å². The molecule has 1 aromatic rings. The largest absolute Gasteiger partial charge is 0.496 e. The van der Waals surface area contributed by atoms with Crippen LogP contribution in [0, 0.1) is 0 Å². The molecule has 0 radical (unpaired) electrons. The van der Waals surface area contributed by atoms with Gasteiger partial charge in [-0.25, -0.2) is 13.1 Å². The monoisotopic (exact) mass is 332 g/mol. The lowest BCUT2D eigenvalue weighted by Crippen LogP contribution is -2.39. The fourth-order valence-electron chi connectivity index (χ4n) is 1.95. The summed E-state index contributed by atoms with van der Waals surface area (Å²) in [7, 11) is -1.86. The zero-order valence-corrected chi connectivity index (χ0v) is 13.8. The minimum absolute atomic E-state index is 0.124. The standard InChI is InChI=1S/C14H21ClN2O3S/c1-10(8-16-11-6-7-11)21(18,19)17-9-12-13(15)4-3-5-14(12)20-2/h3-5,10-11,16-17H,6-9H2,1-2H3. The van der Waals surface area contributed by atoms with Crippen LogP contribution >= 0.6 is 11.6 Å². The third-order valence-corrected chi connectivity index (χ3v) is 5.67. The highest BCUT2D eigenvalue weighted by Gasteiger charge is 2.26. The number of halogens is 1. The van der Waals surface area contributed by atoms with Gasteiger partial charge in [-0.2, -0.15) is 0 Å². The van der Waals surface area contributed by atoms with E-state index in [1.165, 1.54) is 7.11 Å². The Balaban J connectivity index is 1.97. The number of benzene rings is 1. The summed E-state index contributed by atoms with van der Waals surface area (Å²) in [5, 5.41) is 3.22. The Labute approximate surface area is 131 Å². The van der Waals surface area contributed by atoms with Gasteiger partial charge in [0.2, 0.25) is 10.0 Å². The average Bonchev–Trinajstić information content (AvgIpc) is 3.27. The molecule has 2 rings (SSSR count). The summed E-state index contributed by atoms with van der Waals surface area (Å²) in [4.78, 5) is 0. The quantitative estimate of drug-likeness (QED) is 0.763. The molecule has 7 heteroatoms. The Morgan fingerprint density at radius 2 is 2.14 bits per heavy atom. The maximum Gasteiger partial charge on any atom is 0.215 e. The van der Waals surface area contributed by atoms with Crippen LogP contribution in [0.25, 0.3) is 0 Å². The van der Waals surface area contributed by atoms with Crippen LogP contribution in [0.3, 0.4) is 0 Å². The van der Waals surface area contributed by atoms with E-state index >= 15 is 0 Å². The molecule has 1 aromatic carbocycles. The molecular formula is C14H21ClN2O3S. The summed E-state index contributed by atoms with van der Waals surface area (Å²) in [5.74, 6) is 0.578. The molecule has 1 fully saturated rings. The van der Waals surface area contributed by atoms with Crippen LogP contribution < -0.4 is 14.8 Å². The lowest BCUT2D eigenvalue weighted by Gasteiger charge is -2.16. The van der Waals surface area contributed by atoms with E-state index < -0.39 is 15.3 Å². The van der Waals surface area contributed by atoms with Gasteiger partial charge < -0.3 is 10.1 Å². The van der Waals surface area contributed by atoms with E-state index in [0.29, 0.717) is 28.9 Å². The summed E-state index contributed by atoms with van der Waals surface area (Å²) in [6, 6.07) is 5.73. The molecule has 1 unspecified atom stereocenters. The molecule has 0 bridgehead atoms. The van der Waals surface area contributed by atoms with E-state index in [2.05, 4.69) is 10.0 Å². The number of hydrogen-bond donors (Lipinski definition) is 2. The van der Waals surface area contributed by atoms with E-state index in [-0.39, 0.29) is 6.54 Å². The van der Waals surface area contributed by atoms with E-state index in [1.807, 2.05) is 0 Å². The number of hydrogen-bond acceptors (Lipinski definition) is 4. The Morgan fingerprint density at radius 3 is 2.76 bits per heavy atom. The lowest BCUT2D eigenvalue weighted by atomic mass is 10.2. The fourth-order valence-corrected chi connectivity index (χ4v) is 3.12. The first-order chi connectivity index (χ1) is 9.94. The van der Waals surface area contributed by atoms with E-state index in [0.717, 1.165) is 12.8 Å². The molecule has 0 amide bonds. The van der Waals surface area contributed by atoms with Crippen LogP contribution in [0.5, 0.6) is 5.75 Å². The van der Waals surface area contributed by atoms with Crippen LogP contribution in [-0.2, 0) is 16.6 Å². The highest BCUT2D eigenvalue weighted by molar-refractivity contribution is 7.90. The van der Waals surface area contributed by atoms with Gasteiger partial charge >= 0.3 is 0 Å². The number of nitrogens with one attached hydrogen (secondary N) is 2. The van der Waals surface area contributed by atoms with Crippen molar-refractivity contribution < 1.29 is 13.2 Å². The molecule has 0 saturated heterocycles. The van der Waals surface area contributed by atoms with Crippen molar-refractivity contribution in [2.45, 2.75) is 37.6 Å². The molecule has 1 saturated carbocycles. The maximum atomic E-state index is 12.2. The highest BCUT2D eigenvalue weighted by atomic mass is 35.5. The fraction of sp³-hybridized carbons (Fsp3) is 0.571. The summed E-state index contributed by atoms with van der Waals surface area (Å²) < 4.78 is 32.2. The normalized spacial score (nSPS) is 16.7. The van der Waals surface area contributed by atoms with Gasteiger partial charge in [-0.05, 0) is 31.9 Å². The van der Waals surface area contributed by atoms with Crippen LogP contribution in [0.1, 0.15) is 25.3 Å². The van der Waals surface area contributed by atoms with Crippen molar-refractivity contribution in [1.82, 2.24) is 10.0 Å². The topological polar surface area (TPSA) is 67.4 Å². The molecule has 2 N–H and O–H groups in total. The highest BCUT2D eigenvalue weighted by Crippen LogP contribution is 2.26. The van der Waals surface area contributed by atoms with Crippen molar-refractivity contribution in [2.75, 3.05) is 13.7 Å². The van der Waals surface area contributed by atoms with Crippen molar-refractivity contribution in [3.8, 4) is 5.75 Å². The second-order valence-electron chi connectivity index (χ2n) is 5.28. The zero-order valence-electron chi connectivity index (χ0n) is 12.2. The minimum atomic E-state index is -3.39. The van der Waals surface area contributed by atoms with Gasteiger partial charge in [0, 0.05) is 29.7 Å². The summed E-state index contributed by atoms with van der Waals surface area (Å²) >= 11 is 6.10. The first-order valence-corrected chi connectivity index (χ1v) is 8.89. The van der Waals surface area contributed by atoms with Gasteiger partial charge in [-0.3, -0.25) is 0 Å². The Hall–Kier alpha value is -0.820. The molecule has 1 aliphatic rings. The predicted molar refractivity (Wildman–Crippen MR) is 84.3 cm³/mol. The molecule has 1 aliphatic carbocycles. The molecule has 21 heavy (non-hydrogen) atoms. The van der Waals surface area contributed by atoms with Crippen molar-refractivity contribution in [2.24, 2.45) is 0 Å². The van der Waals surface area contributed by atoms with Crippen LogP contribution in [0.2, 0.25) is 5.02 Å². The smallest absolute Gasteiger partial charge is 0.215 e. The van der Waals surface area contributed by atoms with Crippen LogP contribution in [0.4, 0.5) is 0 Å². The summed E-state index contributed by atoms with van der Waals surface area (Å²) in [5.41, 5.74) is 0.646. The zero-order chi connectivity index (χ0) is 15.5. The average molecular weight is 333 g/mol. The number of sulfonamides is 1. The van der Waals surface area contributed by atoms with Gasteiger partial charge in [0.15, 0.2) is 0 Å². The van der Waals surface area contributed by atoms with E-state index in [4.69, 9.17) is 16.3 Å². The van der Waals surface area contributed by atoms with E-state index in [1.54, 1.807) is 25.1 Å². The molecule has 0 heterocycles. The third-order valence-electron chi connectivity index (χ3n) is 3.55. The van der Waals surface area contributed by atoms with Crippen LogP contribution in [0.15, 0.2) is 18.2 Å². The molecule has 0 spiro atoms. The number of ether oxygens (including phenoxy) is 1. The molecule has 0 aromatic heterocycles. The Morgan fingerprint density at radius 1 is 1.43 bits per heavy atom. The van der Waals surface area contributed by atoms with Gasteiger partial charge in [-0.1, -0.05) is 17.7 Å². The molecule has 118 valence electrons. The van der Waals surface area contributed by atoms with Gasteiger partial charge in [0.05, 0.1) is 12.4 Å². The summed E-state index contributed by atoms with van der Waals surface area (Å²) in [6.45, 7) is 2.28. The van der Waals surface area contributed by atoms with Crippen molar-refractivity contribution in [3.63, 3.8) is 0 Å². The lowest BCUT2D eigenvalue weighted by molar-refractivity contribution is 0.409. The van der Waals surface area contributed by atoms with Crippen molar-refractivity contribution in [1.29, 1.82) is 0 Å². The first kappa shape index (κ1) is 16.5. The molecule has 5 nitrogen and oxygen atoms in total. The molecular weight excluding hydrogens is 312 g/mol. The van der Waals surface area contributed by atoms with E-state index in [9.17, 15) is 8.42 Å². The second-order valence-corrected chi connectivity index (χ2v) is 7.87. The first-order valence-electron chi connectivity index (χ1n) is 6.97. The van der Waals surface area contributed by atoms with Crippen molar-refractivity contribution >= 4 is 21.6 Å². The number of rotatable bonds is 8. The minimum Gasteiger partial charge on any atom is -0.496 e. The van der Waals surface area contributed by atoms with Crippen LogP contribution in [-0.4, -0.2) is 33.4 Å². The SMILES string of the molecule is COc1cccc(Cl)c1CNS(=O)(=O)C(C)CNC1CC1. The summed E-state index contributed by atoms with van der Waals surface area (Å²) in [6.07, 6.45) is 2.27. The molecule has 1 atom stereocenters.